The minimum absolute atomic E-state index is 0.655. The number of nitrogens with one attached hydrogen (secondary N) is 1. The highest BCUT2D eigenvalue weighted by Gasteiger charge is 2.16. The molecule has 0 saturated heterocycles. The van der Waals surface area contributed by atoms with E-state index in [2.05, 4.69) is 32.5 Å². The summed E-state index contributed by atoms with van der Waals surface area (Å²) in [7, 11) is 0. The van der Waals surface area contributed by atoms with Gasteiger partial charge < -0.3 is 4.98 Å². The van der Waals surface area contributed by atoms with Gasteiger partial charge in [-0.2, -0.15) is 5.26 Å². The fraction of sp³-hybridized carbons (Fsp3) is 0. The lowest BCUT2D eigenvalue weighted by molar-refractivity contribution is 1.36. The van der Waals surface area contributed by atoms with Crippen molar-refractivity contribution in [2.75, 3.05) is 0 Å². The molecule has 0 spiro atoms. The Morgan fingerprint density at radius 3 is 2.47 bits per heavy atom. The molecule has 0 bridgehead atoms. The van der Waals surface area contributed by atoms with Crippen LogP contribution in [-0.2, 0) is 0 Å². The van der Waals surface area contributed by atoms with E-state index in [1.54, 1.807) is 23.7 Å². The molecule has 30 heavy (non-hydrogen) atoms. The van der Waals surface area contributed by atoms with Crippen LogP contribution in [-0.4, -0.2) is 19.9 Å². The maximum Gasteiger partial charge on any atom is 0.148 e. The topological polar surface area (TPSA) is 78.2 Å². The number of H-pyrrole nitrogens is 1. The molecule has 0 atom stereocenters. The second kappa shape index (κ2) is 6.48. The Balaban J connectivity index is 1.57. The van der Waals surface area contributed by atoms with Crippen molar-refractivity contribution in [2.45, 2.75) is 0 Å². The first kappa shape index (κ1) is 16.8. The first-order valence-electron chi connectivity index (χ1n) is 9.42. The molecule has 0 amide bonds. The minimum atomic E-state index is 0.655. The molecule has 0 saturated carbocycles. The standard InChI is InChI=1S/C24H13N5S/c25-12-14-4-1-5-15(10-14)16-11-19(30-13-16)24-28-22-17-6-2-8-26-20(17)21-18(23(22)29-24)7-3-9-27-21/h1-11,13H,(H,28,29). The summed E-state index contributed by atoms with van der Waals surface area (Å²) in [5.41, 5.74) is 6.35. The van der Waals surface area contributed by atoms with Gasteiger partial charge in [0, 0.05) is 23.2 Å². The van der Waals surface area contributed by atoms with E-state index in [1.165, 1.54) is 0 Å². The molecule has 6 rings (SSSR count). The predicted molar refractivity (Wildman–Crippen MR) is 120 cm³/mol. The Bertz CT molecular complexity index is 1550. The normalized spacial score (nSPS) is 11.3. The summed E-state index contributed by atoms with van der Waals surface area (Å²) in [5, 5.41) is 13.3. The van der Waals surface area contributed by atoms with E-state index >= 15 is 0 Å². The molecule has 0 radical (unpaired) electrons. The Kier molecular flexibility index (Phi) is 3.63. The summed E-state index contributed by atoms with van der Waals surface area (Å²) in [6.45, 7) is 0. The van der Waals surface area contributed by atoms with Crippen LogP contribution < -0.4 is 0 Å². The van der Waals surface area contributed by atoms with E-state index < -0.39 is 0 Å². The van der Waals surface area contributed by atoms with Gasteiger partial charge in [0.2, 0.25) is 0 Å². The van der Waals surface area contributed by atoms with Gasteiger partial charge >= 0.3 is 0 Å². The van der Waals surface area contributed by atoms with Crippen LogP contribution >= 0.6 is 11.3 Å². The van der Waals surface area contributed by atoms with Crippen LogP contribution in [0.15, 0.2) is 72.4 Å². The third-order valence-electron chi connectivity index (χ3n) is 5.23. The molecule has 0 unspecified atom stereocenters. The molecule has 0 aliphatic rings. The van der Waals surface area contributed by atoms with Crippen molar-refractivity contribution in [3.05, 3.63) is 77.9 Å². The van der Waals surface area contributed by atoms with Crippen molar-refractivity contribution >= 4 is 44.2 Å². The second-order valence-electron chi connectivity index (χ2n) is 7.00. The molecule has 2 aromatic carbocycles. The van der Waals surface area contributed by atoms with Gasteiger partial charge in [-0.05, 0) is 59.0 Å². The first-order chi connectivity index (χ1) is 14.8. The van der Waals surface area contributed by atoms with Crippen LogP contribution in [0.3, 0.4) is 0 Å². The maximum absolute atomic E-state index is 9.17. The summed E-state index contributed by atoms with van der Waals surface area (Å²) in [6, 6.07) is 19.9. The molecule has 0 aliphatic heterocycles. The highest BCUT2D eigenvalue weighted by molar-refractivity contribution is 7.13. The van der Waals surface area contributed by atoms with Crippen molar-refractivity contribution in [2.24, 2.45) is 0 Å². The Hall–Kier alpha value is -4.08. The molecular formula is C24H13N5S. The predicted octanol–water partition coefficient (Wildman–Crippen LogP) is 5.93. The largest absolute Gasteiger partial charge is 0.337 e. The van der Waals surface area contributed by atoms with Crippen molar-refractivity contribution in [3.8, 4) is 27.9 Å². The molecule has 1 N–H and O–H groups in total. The monoisotopic (exact) mass is 403 g/mol. The van der Waals surface area contributed by atoms with E-state index in [4.69, 9.17) is 4.98 Å². The van der Waals surface area contributed by atoms with Gasteiger partial charge in [-0.15, -0.1) is 11.3 Å². The van der Waals surface area contributed by atoms with Crippen molar-refractivity contribution in [1.29, 1.82) is 5.26 Å². The molecule has 4 aromatic heterocycles. The zero-order chi connectivity index (χ0) is 20.1. The fourth-order valence-corrected chi connectivity index (χ4v) is 4.70. The number of pyridine rings is 2. The smallest absolute Gasteiger partial charge is 0.148 e. The fourth-order valence-electron chi connectivity index (χ4n) is 3.84. The molecule has 0 fully saturated rings. The Morgan fingerprint density at radius 2 is 1.63 bits per heavy atom. The summed E-state index contributed by atoms with van der Waals surface area (Å²) < 4.78 is 0. The van der Waals surface area contributed by atoms with E-state index in [0.717, 1.165) is 54.7 Å². The van der Waals surface area contributed by atoms with Gasteiger partial charge in [-0.25, -0.2) is 4.98 Å². The number of imidazole rings is 1. The summed E-state index contributed by atoms with van der Waals surface area (Å²) in [6.07, 6.45) is 3.58. The molecule has 0 aliphatic carbocycles. The zero-order valence-corrected chi connectivity index (χ0v) is 16.4. The second-order valence-corrected chi connectivity index (χ2v) is 7.91. The zero-order valence-electron chi connectivity index (χ0n) is 15.6. The number of fused-ring (bicyclic) bond motifs is 6. The van der Waals surface area contributed by atoms with Crippen molar-refractivity contribution < 1.29 is 0 Å². The van der Waals surface area contributed by atoms with Crippen molar-refractivity contribution in [3.63, 3.8) is 0 Å². The summed E-state index contributed by atoms with van der Waals surface area (Å²) in [4.78, 5) is 18.6. The average molecular weight is 403 g/mol. The number of benzene rings is 2. The van der Waals surface area contributed by atoms with Crippen LogP contribution in [0.5, 0.6) is 0 Å². The number of thiophene rings is 1. The van der Waals surface area contributed by atoms with Crippen molar-refractivity contribution in [1.82, 2.24) is 19.9 Å². The van der Waals surface area contributed by atoms with Crippen LogP contribution in [0.4, 0.5) is 0 Å². The lowest BCUT2D eigenvalue weighted by Gasteiger charge is -2.03. The van der Waals surface area contributed by atoms with Gasteiger partial charge in [-0.3, -0.25) is 9.97 Å². The number of aromatic nitrogens is 4. The summed E-state index contributed by atoms with van der Waals surface area (Å²) in [5.74, 6) is 0.819. The summed E-state index contributed by atoms with van der Waals surface area (Å²) >= 11 is 1.63. The Labute approximate surface area is 175 Å². The Morgan fingerprint density at radius 1 is 0.833 bits per heavy atom. The first-order valence-corrected chi connectivity index (χ1v) is 10.3. The highest BCUT2D eigenvalue weighted by atomic mass is 32.1. The minimum Gasteiger partial charge on any atom is -0.337 e. The van der Waals surface area contributed by atoms with Gasteiger partial charge in [-0.1, -0.05) is 12.1 Å². The number of nitriles is 1. The van der Waals surface area contributed by atoms with E-state index in [-0.39, 0.29) is 0 Å². The van der Waals surface area contributed by atoms with Crippen LogP contribution in [0, 0.1) is 11.3 Å². The molecule has 6 aromatic rings. The number of nitrogens with zero attached hydrogens (tertiary/aromatic N) is 4. The van der Waals surface area contributed by atoms with Gasteiger partial charge in [0.25, 0.3) is 0 Å². The number of hydrogen-bond donors (Lipinski definition) is 1. The molecular weight excluding hydrogens is 390 g/mol. The quantitative estimate of drug-likeness (QED) is 0.364. The van der Waals surface area contributed by atoms with Gasteiger partial charge in [0.05, 0.1) is 38.6 Å². The SMILES string of the molecule is N#Cc1cccc(-c2csc(-c3nc4c5cccnc5c5ncccc5c4[nH]3)c2)c1. The van der Waals surface area contributed by atoms with Crippen LogP contribution in [0.1, 0.15) is 5.56 Å². The van der Waals surface area contributed by atoms with E-state index in [0.29, 0.717) is 5.56 Å². The molecule has 140 valence electrons. The van der Waals surface area contributed by atoms with Gasteiger partial charge in [0.15, 0.2) is 0 Å². The number of rotatable bonds is 2. The number of aromatic amines is 1. The highest BCUT2D eigenvalue weighted by Crippen LogP contribution is 2.36. The number of hydrogen-bond acceptors (Lipinski definition) is 5. The maximum atomic E-state index is 9.17. The van der Waals surface area contributed by atoms with E-state index in [9.17, 15) is 5.26 Å². The molecule has 4 heterocycles. The third kappa shape index (κ3) is 2.50. The van der Waals surface area contributed by atoms with Gasteiger partial charge in [0.1, 0.15) is 5.82 Å². The van der Waals surface area contributed by atoms with Crippen LogP contribution in [0.25, 0.3) is 54.7 Å². The molecule has 6 heteroatoms. The lowest BCUT2D eigenvalue weighted by atomic mass is 10.1. The lowest BCUT2D eigenvalue weighted by Crippen LogP contribution is -1.86. The average Bonchev–Trinajstić information content (AvgIpc) is 3.47. The third-order valence-corrected chi connectivity index (χ3v) is 6.16. The molecule has 5 nitrogen and oxygen atoms in total. The van der Waals surface area contributed by atoms with E-state index in [1.807, 2.05) is 48.5 Å². The van der Waals surface area contributed by atoms with Crippen LogP contribution in [0.2, 0.25) is 0 Å².